The van der Waals surface area contributed by atoms with Crippen LogP contribution in [0.1, 0.15) is 19.8 Å². The van der Waals surface area contributed by atoms with Crippen LogP contribution in [0.2, 0.25) is 0 Å². The molecule has 0 atom stereocenters. The van der Waals surface area contributed by atoms with E-state index in [1.54, 1.807) is 6.92 Å². The molecule has 0 spiro atoms. The summed E-state index contributed by atoms with van der Waals surface area (Å²) in [5, 5.41) is 8.66. The van der Waals surface area contributed by atoms with Crippen LogP contribution in [-0.2, 0) is 4.79 Å². The molecule has 13 heavy (non-hydrogen) atoms. The molecule has 0 aromatic rings. The van der Waals surface area contributed by atoms with E-state index in [-0.39, 0.29) is 5.91 Å². The molecule has 1 rings (SSSR count). The Balaban J connectivity index is 2.56. The highest BCUT2D eigenvalue weighted by atomic mass is 16.4. The number of hydrogen-bond donors (Lipinski definition) is 2. The highest BCUT2D eigenvalue weighted by Crippen LogP contribution is 2.30. The number of rotatable bonds is 1. The monoisotopic (exact) mass is 186 g/mol. The average Bonchev–Trinajstić information content (AvgIpc) is 2.04. The van der Waals surface area contributed by atoms with Gasteiger partial charge in [0.25, 0.3) is 0 Å². The molecule has 2 amide bonds. The first kappa shape index (κ1) is 9.83. The Bertz CT molecular complexity index is 232. The smallest absolute Gasteiger partial charge is 0.407 e. The maximum atomic E-state index is 11.0. The van der Waals surface area contributed by atoms with Crippen LogP contribution in [0.15, 0.2) is 0 Å². The minimum Gasteiger partial charge on any atom is -0.465 e. The topological polar surface area (TPSA) is 83.6 Å². The lowest BCUT2D eigenvalue weighted by Gasteiger charge is -2.35. The Hall–Kier alpha value is -1.26. The van der Waals surface area contributed by atoms with Gasteiger partial charge >= 0.3 is 6.09 Å². The van der Waals surface area contributed by atoms with Crippen LogP contribution in [0, 0.1) is 5.41 Å². The normalized spacial score (nSPS) is 21.2. The highest BCUT2D eigenvalue weighted by Gasteiger charge is 2.36. The molecule has 1 heterocycles. The van der Waals surface area contributed by atoms with Crippen molar-refractivity contribution in [3.05, 3.63) is 0 Å². The minimum absolute atomic E-state index is 0.336. The number of carbonyl (C=O) groups excluding carboxylic acids is 1. The van der Waals surface area contributed by atoms with Crippen LogP contribution < -0.4 is 5.73 Å². The number of carboxylic acid groups (broad SMARTS) is 1. The number of primary amides is 1. The molecular weight excluding hydrogens is 172 g/mol. The quantitative estimate of drug-likeness (QED) is 0.615. The van der Waals surface area contributed by atoms with Gasteiger partial charge in [-0.1, -0.05) is 6.92 Å². The van der Waals surface area contributed by atoms with Crippen molar-refractivity contribution in [2.75, 3.05) is 13.1 Å². The summed E-state index contributed by atoms with van der Waals surface area (Å²) in [6.07, 6.45) is 0.120. The average molecular weight is 186 g/mol. The zero-order valence-electron chi connectivity index (χ0n) is 7.62. The number of nitrogens with two attached hydrogens (primary N) is 1. The first-order valence-electron chi connectivity index (χ1n) is 4.23. The molecule has 74 valence electrons. The largest absolute Gasteiger partial charge is 0.465 e. The molecule has 3 N–H and O–H groups in total. The standard InChI is InChI=1S/C8H14N2O3/c1-8(6(9)11)2-4-10(5-3-8)7(12)13/h2-5H2,1H3,(H2,9,11)(H,12,13). The maximum Gasteiger partial charge on any atom is 0.407 e. The van der Waals surface area contributed by atoms with Gasteiger partial charge in [0, 0.05) is 18.5 Å². The molecule has 0 aromatic carbocycles. The molecule has 0 aromatic heterocycles. The predicted octanol–water partition coefficient (Wildman–Crippen LogP) is 0.252. The van der Waals surface area contributed by atoms with Gasteiger partial charge in [-0.3, -0.25) is 4.79 Å². The molecule has 0 bridgehead atoms. The Kier molecular flexibility index (Phi) is 2.45. The first-order chi connectivity index (χ1) is 5.96. The van der Waals surface area contributed by atoms with E-state index >= 15 is 0 Å². The van der Waals surface area contributed by atoms with Crippen molar-refractivity contribution in [2.45, 2.75) is 19.8 Å². The van der Waals surface area contributed by atoms with Crippen LogP contribution >= 0.6 is 0 Å². The van der Waals surface area contributed by atoms with Crippen LogP contribution in [0.4, 0.5) is 4.79 Å². The van der Waals surface area contributed by atoms with Crippen molar-refractivity contribution in [3.63, 3.8) is 0 Å². The third-order valence-electron chi connectivity index (χ3n) is 2.73. The number of likely N-dealkylation sites (tertiary alicyclic amines) is 1. The van der Waals surface area contributed by atoms with Crippen molar-refractivity contribution < 1.29 is 14.7 Å². The summed E-state index contributed by atoms with van der Waals surface area (Å²) in [7, 11) is 0. The van der Waals surface area contributed by atoms with Gasteiger partial charge in [0.2, 0.25) is 5.91 Å². The second-order valence-electron chi connectivity index (χ2n) is 3.69. The molecule has 0 unspecified atom stereocenters. The van der Waals surface area contributed by atoms with Gasteiger partial charge in [-0.05, 0) is 12.8 Å². The number of amides is 2. The summed E-state index contributed by atoms with van der Waals surface area (Å²) in [6, 6.07) is 0. The van der Waals surface area contributed by atoms with Gasteiger partial charge in [-0.25, -0.2) is 4.79 Å². The molecule has 0 aliphatic carbocycles. The van der Waals surface area contributed by atoms with E-state index in [1.165, 1.54) is 4.90 Å². The minimum atomic E-state index is -0.925. The van der Waals surface area contributed by atoms with Crippen molar-refractivity contribution in [1.82, 2.24) is 4.90 Å². The summed E-state index contributed by atoms with van der Waals surface area (Å²) in [4.78, 5) is 22.9. The van der Waals surface area contributed by atoms with Gasteiger partial charge in [0.15, 0.2) is 0 Å². The van der Waals surface area contributed by atoms with E-state index in [4.69, 9.17) is 10.8 Å². The molecule has 1 saturated heterocycles. The second kappa shape index (κ2) is 3.24. The molecular formula is C8H14N2O3. The van der Waals surface area contributed by atoms with Gasteiger partial charge < -0.3 is 15.7 Å². The Morgan fingerprint density at radius 1 is 1.38 bits per heavy atom. The van der Waals surface area contributed by atoms with E-state index in [1.807, 2.05) is 0 Å². The van der Waals surface area contributed by atoms with Gasteiger partial charge in [0.1, 0.15) is 0 Å². The van der Waals surface area contributed by atoms with E-state index in [0.717, 1.165) is 0 Å². The molecule has 1 aliphatic heterocycles. The van der Waals surface area contributed by atoms with Gasteiger partial charge in [-0.2, -0.15) is 0 Å². The number of nitrogens with zero attached hydrogens (tertiary/aromatic N) is 1. The fourth-order valence-electron chi connectivity index (χ4n) is 1.44. The van der Waals surface area contributed by atoms with Crippen LogP contribution in [0.5, 0.6) is 0 Å². The molecule has 0 radical (unpaired) electrons. The van der Waals surface area contributed by atoms with E-state index < -0.39 is 11.5 Å². The highest BCUT2D eigenvalue weighted by molar-refractivity contribution is 5.80. The zero-order valence-corrected chi connectivity index (χ0v) is 7.62. The van der Waals surface area contributed by atoms with Crippen LogP contribution in [-0.4, -0.2) is 35.1 Å². The number of hydrogen-bond acceptors (Lipinski definition) is 2. The molecule has 1 aliphatic rings. The molecule has 5 nitrogen and oxygen atoms in total. The summed E-state index contributed by atoms with van der Waals surface area (Å²) >= 11 is 0. The van der Waals surface area contributed by atoms with E-state index in [0.29, 0.717) is 25.9 Å². The van der Waals surface area contributed by atoms with Crippen molar-refractivity contribution >= 4 is 12.0 Å². The van der Waals surface area contributed by atoms with Crippen LogP contribution in [0.25, 0.3) is 0 Å². The summed E-state index contributed by atoms with van der Waals surface area (Å²) < 4.78 is 0. The third kappa shape index (κ3) is 1.91. The maximum absolute atomic E-state index is 11.0. The van der Waals surface area contributed by atoms with Gasteiger partial charge in [-0.15, -0.1) is 0 Å². The van der Waals surface area contributed by atoms with Crippen molar-refractivity contribution in [1.29, 1.82) is 0 Å². The van der Waals surface area contributed by atoms with Crippen molar-refractivity contribution in [2.24, 2.45) is 11.1 Å². The lowest BCUT2D eigenvalue weighted by Crippen LogP contribution is -2.46. The Morgan fingerprint density at radius 3 is 2.15 bits per heavy atom. The van der Waals surface area contributed by atoms with Crippen LogP contribution in [0.3, 0.4) is 0 Å². The number of carbonyl (C=O) groups is 2. The van der Waals surface area contributed by atoms with E-state index in [9.17, 15) is 9.59 Å². The molecule has 0 saturated carbocycles. The third-order valence-corrected chi connectivity index (χ3v) is 2.73. The fourth-order valence-corrected chi connectivity index (χ4v) is 1.44. The lowest BCUT2D eigenvalue weighted by molar-refractivity contribution is -0.129. The fraction of sp³-hybridized carbons (Fsp3) is 0.750. The zero-order chi connectivity index (χ0) is 10.1. The SMILES string of the molecule is CC1(C(N)=O)CCN(C(=O)O)CC1. The summed E-state index contributed by atoms with van der Waals surface area (Å²) in [6.45, 7) is 2.58. The van der Waals surface area contributed by atoms with Gasteiger partial charge in [0.05, 0.1) is 0 Å². The molecule has 5 heteroatoms. The van der Waals surface area contributed by atoms with E-state index in [2.05, 4.69) is 0 Å². The summed E-state index contributed by atoms with van der Waals surface area (Å²) in [5.41, 5.74) is 4.70. The second-order valence-corrected chi connectivity index (χ2v) is 3.69. The Morgan fingerprint density at radius 2 is 1.85 bits per heavy atom. The number of piperidine rings is 1. The lowest BCUT2D eigenvalue weighted by atomic mass is 9.80. The predicted molar refractivity (Wildman–Crippen MR) is 46.1 cm³/mol. The molecule has 1 fully saturated rings. The first-order valence-corrected chi connectivity index (χ1v) is 4.23. The summed E-state index contributed by atoms with van der Waals surface area (Å²) in [5.74, 6) is -0.336. The van der Waals surface area contributed by atoms with Crippen molar-refractivity contribution in [3.8, 4) is 0 Å². The Labute approximate surface area is 76.5 Å².